The maximum Gasteiger partial charge on any atom is 0.255 e. The van der Waals surface area contributed by atoms with Crippen LogP contribution in [0.15, 0.2) is 12.1 Å². The number of halogens is 1. The maximum atomic E-state index is 13.1. The molecule has 0 bridgehead atoms. The second-order valence-electron chi connectivity index (χ2n) is 6.75. The molecule has 2 fully saturated rings. The van der Waals surface area contributed by atoms with Gasteiger partial charge in [-0.2, -0.15) is 0 Å². The molecule has 23 heavy (non-hydrogen) atoms. The van der Waals surface area contributed by atoms with Crippen molar-refractivity contribution in [3.8, 4) is 0 Å². The van der Waals surface area contributed by atoms with Crippen LogP contribution >= 0.6 is 11.6 Å². The molecule has 2 heterocycles. The van der Waals surface area contributed by atoms with Gasteiger partial charge in [-0.05, 0) is 56.4 Å². The first-order chi connectivity index (χ1) is 11.0. The Labute approximate surface area is 142 Å². The number of aryl methyl sites for hydroxylation is 2. The van der Waals surface area contributed by atoms with E-state index in [1.165, 1.54) is 0 Å². The van der Waals surface area contributed by atoms with E-state index in [4.69, 9.17) is 11.6 Å². The molecule has 4 nitrogen and oxygen atoms in total. The molecule has 124 valence electrons. The minimum absolute atomic E-state index is 0.00199. The number of rotatable bonds is 2. The number of hydrogen-bond acceptors (Lipinski definition) is 2. The minimum Gasteiger partial charge on any atom is -0.356 e. The summed E-state index contributed by atoms with van der Waals surface area (Å²) in [7, 11) is 0. The number of likely N-dealkylation sites (tertiary alicyclic amines) is 1. The van der Waals surface area contributed by atoms with Crippen molar-refractivity contribution >= 4 is 23.4 Å². The lowest BCUT2D eigenvalue weighted by Crippen LogP contribution is -2.48. The predicted octanol–water partition coefficient (Wildman–Crippen LogP) is 3.09. The second kappa shape index (κ2) is 6.52. The summed E-state index contributed by atoms with van der Waals surface area (Å²) in [5.41, 5.74) is 2.75. The van der Waals surface area contributed by atoms with Crippen LogP contribution in [0.5, 0.6) is 0 Å². The molecule has 0 spiro atoms. The SMILES string of the molecule is Cc1cc(Cl)c(C(=O)N2CCCC[C@H]2[C@@H]2CNC(=O)C2)cc1C. The Morgan fingerprint density at radius 1 is 1.26 bits per heavy atom. The first-order valence-electron chi connectivity index (χ1n) is 8.32. The van der Waals surface area contributed by atoms with E-state index in [0.29, 0.717) is 23.6 Å². The van der Waals surface area contributed by atoms with Crippen molar-refractivity contribution in [1.82, 2.24) is 10.2 Å². The highest BCUT2D eigenvalue weighted by atomic mass is 35.5. The fraction of sp³-hybridized carbons (Fsp3) is 0.556. The van der Waals surface area contributed by atoms with E-state index in [1.807, 2.05) is 30.9 Å². The van der Waals surface area contributed by atoms with Crippen LogP contribution in [-0.2, 0) is 4.79 Å². The summed E-state index contributed by atoms with van der Waals surface area (Å²) in [6, 6.07) is 3.89. The molecular formula is C18H23ClN2O2. The number of benzene rings is 1. The highest BCUT2D eigenvalue weighted by Gasteiger charge is 2.37. The van der Waals surface area contributed by atoms with Crippen molar-refractivity contribution in [2.24, 2.45) is 5.92 Å². The zero-order chi connectivity index (χ0) is 16.6. The van der Waals surface area contributed by atoms with Gasteiger partial charge < -0.3 is 10.2 Å². The topological polar surface area (TPSA) is 49.4 Å². The smallest absolute Gasteiger partial charge is 0.255 e. The van der Waals surface area contributed by atoms with Gasteiger partial charge in [-0.25, -0.2) is 0 Å². The van der Waals surface area contributed by atoms with Gasteiger partial charge in [-0.3, -0.25) is 9.59 Å². The summed E-state index contributed by atoms with van der Waals surface area (Å²) in [6.07, 6.45) is 3.61. The highest BCUT2D eigenvalue weighted by molar-refractivity contribution is 6.34. The highest BCUT2D eigenvalue weighted by Crippen LogP contribution is 2.31. The van der Waals surface area contributed by atoms with E-state index >= 15 is 0 Å². The summed E-state index contributed by atoms with van der Waals surface area (Å²) in [4.78, 5) is 26.6. The molecule has 2 aliphatic heterocycles. The van der Waals surface area contributed by atoms with Crippen LogP contribution in [-0.4, -0.2) is 35.8 Å². The first kappa shape index (κ1) is 16.3. The number of hydrogen-bond donors (Lipinski definition) is 1. The summed E-state index contributed by atoms with van der Waals surface area (Å²) in [5.74, 6) is 0.316. The third-order valence-electron chi connectivity index (χ3n) is 5.18. The molecule has 0 radical (unpaired) electrons. The fourth-order valence-electron chi connectivity index (χ4n) is 3.70. The van der Waals surface area contributed by atoms with E-state index in [9.17, 15) is 9.59 Å². The number of carbonyl (C=O) groups is 2. The van der Waals surface area contributed by atoms with Crippen LogP contribution in [0.1, 0.15) is 47.2 Å². The van der Waals surface area contributed by atoms with Crippen molar-refractivity contribution in [3.05, 3.63) is 33.8 Å². The monoisotopic (exact) mass is 334 g/mol. The maximum absolute atomic E-state index is 13.1. The Balaban J connectivity index is 1.87. The lowest BCUT2D eigenvalue weighted by atomic mass is 9.89. The third kappa shape index (κ3) is 3.23. The predicted molar refractivity (Wildman–Crippen MR) is 90.7 cm³/mol. The molecule has 1 aromatic carbocycles. The molecule has 0 aliphatic carbocycles. The molecule has 2 atom stereocenters. The number of carbonyl (C=O) groups excluding carboxylic acids is 2. The van der Waals surface area contributed by atoms with Crippen LogP contribution in [0.25, 0.3) is 0 Å². The molecule has 0 unspecified atom stereocenters. The van der Waals surface area contributed by atoms with Crippen LogP contribution in [0.2, 0.25) is 5.02 Å². The van der Waals surface area contributed by atoms with Crippen molar-refractivity contribution in [2.45, 2.75) is 45.6 Å². The molecule has 2 amide bonds. The molecule has 5 heteroatoms. The molecule has 0 aromatic heterocycles. The van der Waals surface area contributed by atoms with Gasteiger partial charge >= 0.3 is 0 Å². The summed E-state index contributed by atoms with van der Waals surface area (Å²) >= 11 is 6.33. The molecule has 1 N–H and O–H groups in total. The van der Waals surface area contributed by atoms with Crippen LogP contribution in [0.4, 0.5) is 0 Å². The Kier molecular flexibility index (Phi) is 4.62. The third-order valence-corrected chi connectivity index (χ3v) is 5.49. The van der Waals surface area contributed by atoms with Crippen molar-refractivity contribution in [2.75, 3.05) is 13.1 Å². The number of nitrogens with one attached hydrogen (secondary N) is 1. The van der Waals surface area contributed by atoms with Gasteiger partial charge in [0.2, 0.25) is 5.91 Å². The number of nitrogens with zero attached hydrogens (tertiary/aromatic N) is 1. The zero-order valence-electron chi connectivity index (χ0n) is 13.7. The summed E-state index contributed by atoms with van der Waals surface area (Å²) in [6.45, 7) is 5.41. The van der Waals surface area contributed by atoms with Gasteiger partial charge in [0.25, 0.3) is 5.91 Å². The standard InChI is InChI=1S/C18H23ClN2O2/c1-11-7-14(15(19)8-12(11)2)18(23)21-6-4-3-5-16(21)13-9-17(22)20-10-13/h7-8,13,16H,3-6,9-10H2,1-2H3,(H,20,22)/t13-,16-/m0/s1. The molecular weight excluding hydrogens is 312 g/mol. The second-order valence-corrected chi connectivity index (χ2v) is 7.15. The lowest BCUT2D eigenvalue weighted by Gasteiger charge is -2.39. The van der Waals surface area contributed by atoms with Crippen molar-refractivity contribution < 1.29 is 9.59 Å². The largest absolute Gasteiger partial charge is 0.356 e. The molecule has 2 saturated heterocycles. The van der Waals surface area contributed by atoms with Crippen LogP contribution < -0.4 is 5.32 Å². The van der Waals surface area contributed by atoms with Crippen molar-refractivity contribution in [3.63, 3.8) is 0 Å². The van der Waals surface area contributed by atoms with Gasteiger partial charge in [0.05, 0.1) is 10.6 Å². The normalized spacial score (nSPS) is 24.7. The average molecular weight is 335 g/mol. The minimum atomic E-state index is 0.00199. The summed E-state index contributed by atoms with van der Waals surface area (Å²) in [5, 5.41) is 3.41. The fourth-order valence-corrected chi connectivity index (χ4v) is 4.00. The van der Waals surface area contributed by atoms with Gasteiger partial charge in [0, 0.05) is 31.5 Å². The van der Waals surface area contributed by atoms with E-state index in [-0.39, 0.29) is 23.8 Å². The van der Waals surface area contributed by atoms with Crippen molar-refractivity contribution in [1.29, 1.82) is 0 Å². The van der Waals surface area contributed by atoms with E-state index in [1.54, 1.807) is 0 Å². The van der Waals surface area contributed by atoms with E-state index in [0.717, 1.165) is 36.9 Å². The zero-order valence-corrected chi connectivity index (χ0v) is 14.4. The lowest BCUT2D eigenvalue weighted by molar-refractivity contribution is -0.119. The number of piperidine rings is 1. The van der Waals surface area contributed by atoms with Gasteiger partial charge in [0.15, 0.2) is 0 Å². The van der Waals surface area contributed by atoms with E-state index in [2.05, 4.69) is 5.32 Å². The van der Waals surface area contributed by atoms with Crippen LogP contribution in [0, 0.1) is 19.8 Å². The number of amides is 2. The summed E-state index contributed by atoms with van der Waals surface area (Å²) < 4.78 is 0. The molecule has 0 saturated carbocycles. The van der Waals surface area contributed by atoms with Gasteiger partial charge in [-0.15, -0.1) is 0 Å². The van der Waals surface area contributed by atoms with E-state index < -0.39 is 0 Å². The molecule has 1 aromatic rings. The van der Waals surface area contributed by atoms with Gasteiger partial charge in [0.1, 0.15) is 0 Å². The first-order valence-corrected chi connectivity index (χ1v) is 8.69. The average Bonchev–Trinajstić information content (AvgIpc) is 2.96. The Hall–Kier alpha value is -1.55. The Bertz CT molecular complexity index is 644. The molecule has 3 rings (SSSR count). The quantitative estimate of drug-likeness (QED) is 0.903. The van der Waals surface area contributed by atoms with Gasteiger partial charge in [-0.1, -0.05) is 11.6 Å². The molecule has 2 aliphatic rings. The van der Waals surface area contributed by atoms with Crippen LogP contribution in [0.3, 0.4) is 0 Å². The Morgan fingerprint density at radius 3 is 2.70 bits per heavy atom. The Morgan fingerprint density at radius 2 is 2.00 bits per heavy atom.